The fourth-order valence-electron chi connectivity index (χ4n) is 1.43. The Morgan fingerprint density at radius 1 is 1.54 bits per heavy atom. The quantitative estimate of drug-likeness (QED) is 0.629. The summed E-state index contributed by atoms with van der Waals surface area (Å²) in [4.78, 5) is 10.8. The topological polar surface area (TPSA) is 52.3 Å². The van der Waals surface area contributed by atoms with Gasteiger partial charge in [-0.2, -0.15) is 13.2 Å². The Kier molecular flexibility index (Phi) is 2.51. The number of halogens is 3. The van der Waals surface area contributed by atoms with E-state index < -0.39 is 30.0 Å². The fraction of sp³-hybridized carbons (Fsp3) is 0.857. The largest absolute Gasteiger partial charge is 0.469 e. The van der Waals surface area contributed by atoms with Crippen molar-refractivity contribution in [2.45, 2.75) is 18.6 Å². The summed E-state index contributed by atoms with van der Waals surface area (Å²) in [6, 6.07) is -1.15. The number of rotatable bonds is 1. The molecule has 2 N–H and O–H groups in total. The minimum atomic E-state index is -4.30. The first-order valence-corrected chi connectivity index (χ1v) is 3.78. The Labute approximate surface area is 73.0 Å². The maximum absolute atomic E-state index is 12.1. The van der Waals surface area contributed by atoms with Crippen LogP contribution >= 0.6 is 0 Å². The summed E-state index contributed by atoms with van der Waals surface area (Å²) in [5, 5.41) is 0. The Morgan fingerprint density at radius 2 is 2.08 bits per heavy atom. The Morgan fingerprint density at radius 3 is 2.38 bits per heavy atom. The standard InChI is InChI=1S/C7H10F3NO2/c1-13-6(12)3-2-4(5(3)11)7(8,9)10/h3-5H,2,11H2,1H3/t3-,4-,5-/m1/s1. The summed E-state index contributed by atoms with van der Waals surface area (Å²) in [7, 11) is 1.13. The molecule has 0 radical (unpaired) electrons. The van der Waals surface area contributed by atoms with Crippen molar-refractivity contribution < 1.29 is 22.7 Å². The molecule has 0 aromatic rings. The van der Waals surface area contributed by atoms with E-state index in [1.807, 2.05) is 0 Å². The van der Waals surface area contributed by atoms with Crippen molar-refractivity contribution in [3.05, 3.63) is 0 Å². The number of carbonyl (C=O) groups excluding carboxylic acids is 1. The molecule has 76 valence electrons. The van der Waals surface area contributed by atoms with Crippen molar-refractivity contribution in [3.8, 4) is 0 Å². The van der Waals surface area contributed by atoms with E-state index in [1.165, 1.54) is 0 Å². The number of hydrogen-bond acceptors (Lipinski definition) is 3. The lowest BCUT2D eigenvalue weighted by molar-refractivity contribution is -0.215. The van der Waals surface area contributed by atoms with Crippen LogP contribution in [0.3, 0.4) is 0 Å². The molecule has 3 nitrogen and oxygen atoms in total. The smallest absolute Gasteiger partial charge is 0.393 e. The summed E-state index contributed by atoms with van der Waals surface area (Å²) in [6.45, 7) is 0. The van der Waals surface area contributed by atoms with E-state index in [2.05, 4.69) is 4.74 Å². The molecule has 0 bridgehead atoms. The lowest BCUT2D eigenvalue weighted by Gasteiger charge is -2.41. The second kappa shape index (κ2) is 3.17. The van der Waals surface area contributed by atoms with Gasteiger partial charge in [0, 0.05) is 6.04 Å². The van der Waals surface area contributed by atoms with Gasteiger partial charge >= 0.3 is 12.1 Å². The first kappa shape index (κ1) is 10.3. The summed E-state index contributed by atoms with van der Waals surface area (Å²) < 4.78 is 40.5. The third-order valence-corrected chi connectivity index (χ3v) is 2.36. The van der Waals surface area contributed by atoms with E-state index in [9.17, 15) is 18.0 Å². The van der Waals surface area contributed by atoms with Gasteiger partial charge in [-0.15, -0.1) is 0 Å². The van der Waals surface area contributed by atoms with E-state index in [0.29, 0.717) is 0 Å². The molecule has 0 aliphatic heterocycles. The molecule has 1 fully saturated rings. The molecule has 1 saturated carbocycles. The van der Waals surface area contributed by atoms with Crippen molar-refractivity contribution in [2.75, 3.05) is 7.11 Å². The molecular weight excluding hydrogens is 187 g/mol. The molecule has 0 unspecified atom stereocenters. The monoisotopic (exact) mass is 197 g/mol. The maximum Gasteiger partial charge on any atom is 0.393 e. The van der Waals surface area contributed by atoms with E-state index in [4.69, 9.17) is 5.73 Å². The van der Waals surface area contributed by atoms with Gasteiger partial charge in [-0.25, -0.2) is 0 Å². The van der Waals surface area contributed by atoms with E-state index in [-0.39, 0.29) is 6.42 Å². The fourth-order valence-corrected chi connectivity index (χ4v) is 1.43. The van der Waals surface area contributed by atoms with Crippen LogP contribution in [0.5, 0.6) is 0 Å². The van der Waals surface area contributed by atoms with Crippen LogP contribution < -0.4 is 5.73 Å². The zero-order valence-corrected chi connectivity index (χ0v) is 6.97. The van der Waals surface area contributed by atoms with Crippen LogP contribution in [0, 0.1) is 11.8 Å². The summed E-state index contributed by atoms with van der Waals surface area (Å²) in [5.41, 5.74) is 5.21. The molecule has 0 aromatic carbocycles. The summed E-state index contributed by atoms with van der Waals surface area (Å²) in [6.07, 6.45) is -4.55. The summed E-state index contributed by atoms with van der Waals surface area (Å²) >= 11 is 0. The Balaban J connectivity index is 2.53. The molecule has 0 heterocycles. The van der Waals surface area contributed by atoms with Gasteiger partial charge in [0.2, 0.25) is 0 Å². The zero-order chi connectivity index (χ0) is 10.2. The maximum atomic E-state index is 12.1. The van der Waals surface area contributed by atoms with Crippen molar-refractivity contribution in [1.82, 2.24) is 0 Å². The Hall–Kier alpha value is -0.780. The van der Waals surface area contributed by atoms with Crippen molar-refractivity contribution >= 4 is 5.97 Å². The van der Waals surface area contributed by atoms with Gasteiger partial charge in [-0.3, -0.25) is 4.79 Å². The molecule has 0 amide bonds. The predicted molar refractivity (Wildman–Crippen MR) is 37.6 cm³/mol. The Bertz CT molecular complexity index is 216. The van der Waals surface area contributed by atoms with Crippen LogP contribution in [0.25, 0.3) is 0 Å². The van der Waals surface area contributed by atoms with Gasteiger partial charge in [-0.1, -0.05) is 0 Å². The van der Waals surface area contributed by atoms with Crippen LogP contribution in [-0.4, -0.2) is 25.3 Å². The summed E-state index contributed by atoms with van der Waals surface area (Å²) in [5.74, 6) is -3.01. The molecule has 0 saturated heterocycles. The highest BCUT2D eigenvalue weighted by Gasteiger charge is 2.56. The molecule has 13 heavy (non-hydrogen) atoms. The molecule has 3 atom stereocenters. The second-order valence-corrected chi connectivity index (χ2v) is 3.09. The molecule has 6 heteroatoms. The first-order chi connectivity index (χ1) is 5.88. The molecule has 1 rings (SSSR count). The number of carbonyl (C=O) groups is 1. The third-order valence-electron chi connectivity index (χ3n) is 2.36. The lowest BCUT2D eigenvalue weighted by atomic mass is 9.70. The number of hydrogen-bond donors (Lipinski definition) is 1. The predicted octanol–water partition coefficient (Wildman–Crippen LogP) is 0.685. The normalized spacial score (nSPS) is 33.8. The van der Waals surface area contributed by atoms with Gasteiger partial charge in [0.25, 0.3) is 0 Å². The number of methoxy groups -OCH3 is 1. The number of esters is 1. The van der Waals surface area contributed by atoms with Gasteiger partial charge in [-0.05, 0) is 6.42 Å². The minimum absolute atomic E-state index is 0.253. The average molecular weight is 197 g/mol. The molecular formula is C7H10F3NO2. The van der Waals surface area contributed by atoms with Gasteiger partial charge in [0.15, 0.2) is 0 Å². The van der Waals surface area contributed by atoms with Crippen LogP contribution in [0.4, 0.5) is 13.2 Å². The van der Waals surface area contributed by atoms with Crippen LogP contribution in [-0.2, 0) is 9.53 Å². The average Bonchev–Trinajstić information content (AvgIpc) is 1.98. The van der Waals surface area contributed by atoms with Gasteiger partial charge < -0.3 is 10.5 Å². The second-order valence-electron chi connectivity index (χ2n) is 3.09. The van der Waals surface area contributed by atoms with Crippen molar-refractivity contribution in [2.24, 2.45) is 17.6 Å². The highest BCUT2D eigenvalue weighted by Crippen LogP contribution is 2.44. The number of ether oxygens (including phenoxy) is 1. The number of alkyl halides is 3. The molecule has 0 spiro atoms. The third kappa shape index (κ3) is 1.77. The van der Waals surface area contributed by atoms with E-state index >= 15 is 0 Å². The van der Waals surface area contributed by atoms with Crippen molar-refractivity contribution in [3.63, 3.8) is 0 Å². The first-order valence-electron chi connectivity index (χ1n) is 3.78. The molecule has 1 aliphatic carbocycles. The van der Waals surface area contributed by atoms with Crippen molar-refractivity contribution in [1.29, 1.82) is 0 Å². The van der Waals surface area contributed by atoms with Crippen LogP contribution in [0.2, 0.25) is 0 Å². The van der Waals surface area contributed by atoms with E-state index in [0.717, 1.165) is 7.11 Å². The number of nitrogens with two attached hydrogens (primary N) is 1. The van der Waals surface area contributed by atoms with Crippen LogP contribution in [0.15, 0.2) is 0 Å². The molecule has 1 aliphatic rings. The SMILES string of the molecule is COC(=O)[C@@H]1C[C@@H](C(F)(F)F)[C@@H]1N. The van der Waals surface area contributed by atoms with Gasteiger partial charge in [0.1, 0.15) is 0 Å². The lowest BCUT2D eigenvalue weighted by Crippen LogP contribution is -2.57. The van der Waals surface area contributed by atoms with Crippen LogP contribution in [0.1, 0.15) is 6.42 Å². The zero-order valence-electron chi connectivity index (χ0n) is 6.97. The van der Waals surface area contributed by atoms with E-state index in [1.54, 1.807) is 0 Å². The molecule has 0 aromatic heterocycles. The minimum Gasteiger partial charge on any atom is -0.469 e. The van der Waals surface area contributed by atoms with Gasteiger partial charge in [0.05, 0.1) is 18.9 Å². The highest BCUT2D eigenvalue weighted by molar-refractivity contribution is 5.74. The highest BCUT2D eigenvalue weighted by atomic mass is 19.4.